The third-order valence-electron chi connectivity index (χ3n) is 1.84. The van der Waals surface area contributed by atoms with Gasteiger partial charge < -0.3 is 4.40 Å². The molecule has 0 amide bonds. The quantitative estimate of drug-likeness (QED) is 0.704. The minimum atomic E-state index is -0.581. The fourth-order valence-electron chi connectivity index (χ4n) is 1.28. The molecule has 0 saturated carbocycles. The Labute approximate surface area is 90.3 Å². The van der Waals surface area contributed by atoms with Gasteiger partial charge in [-0.25, -0.2) is 4.98 Å². The largest absolute Gasteiger partial charge is 0.305 e. The number of hydrogen-bond acceptors (Lipinski definition) is 2. The van der Waals surface area contributed by atoms with E-state index in [1.165, 1.54) is 0 Å². The van der Waals surface area contributed by atoms with Crippen LogP contribution in [-0.4, -0.2) is 14.6 Å². The molecule has 72 valence electrons. The highest BCUT2D eigenvalue weighted by molar-refractivity contribution is 6.67. The average molecular weight is 229 g/mol. The molecule has 14 heavy (non-hydrogen) atoms. The first-order valence-corrected chi connectivity index (χ1v) is 4.68. The molecule has 0 aliphatic carbocycles. The molecule has 0 radical (unpaired) electrons. The Morgan fingerprint density at radius 3 is 2.86 bits per heavy atom. The number of hydrogen-bond donors (Lipinski definition) is 0. The molecule has 0 saturated heterocycles. The van der Waals surface area contributed by atoms with Gasteiger partial charge in [0, 0.05) is 12.4 Å². The second kappa shape index (κ2) is 3.26. The van der Waals surface area contributed by atoms with Crippen molar-refractivity contribution in [2.24, 2.45) is 0 Å². The lowest BCUT2D eigenvalue weighted by molar-refractivity contribution is 0.107. The second-order valence-corrected chi connectivity index (χ2v) is 3.75. The summed E-state index contributed by atoms with van der Waals surface area (Å²) in [5, 5.41) is -0.0726. The van der Waals surface area contributed by atoms with Crippen molar-refractivity contribution >= 4 is 34.1 Å². The highest BCUT2D eigenvalue weighted by Crippen LogP contribution is 2.19. The average Bonchev–Trinajstić information content (AvgIpc) is 2.47. The minimum Gasteiger partial charge on any atom is -0.305 e. The van der Waals surface area contributed by atoms with E-state index in [-0.39, 0.29) is 5.69 Å². The van der Waals surface area contributed by atoms with Gasteiger partial charge in [-0.3, -0.25) is 4.79 Å². The smallest absolute Gasteiger partial charge is 0.272 e. The van der Waals surface area contributed by atoms with Crippen molar-refractivity contribution in [1.29, 1.82) is 0 Å². The van der Waals surface area contributed by atoms with Crippen molar-refractivity contribution in [1.82, 2.24) is 9.38 Å². The number of carbonyl (C=O) groups is 1. The van der Waals surface area contributed by atoms with E-state index in [0.717, 1.165) is 5.56 Å². The van der Waals surface area contributed by atoms with E-state index < -0.39 is 5.24 Å². The Kier molecular flexibility index (Phi) is 2.21. The van der Waals surface area contributed by atoms with Crippen LogP contribution in [0.2, 0.25) is 5.02 Å². The third-order valence-corrected chi connectivity index (χ3v) is 2.32. The Balaban J connectivity index is 2.76. The number of aromatic nitrogens is 2. The van der Waals surface area contributed by atoms with Gasteiger partial charge in [0.2, 0.25) is 0 Å². The summed E-state index contributed by atoms with van der Waals surface area (Å²) in [6, 6.07) is 1.78. The van der Waals surface area contributed by atoms with Crippen LogP contribution in [0.15, 0.2) is 18.5 Å². The van der Waals surface area contributed by atoms with Gasteiger partial charge in [-0.05, 0) is 30.2 Å². The summed E-state index contributed by atoms with van der Waals surface area (Å²) in [6.07, 6.45) is 3.39. The SMILES string of the molecule is Cc1cc(Cl)c2nc(C(=O)Cl)cn2c1. The van der Waals surface area contributed by atoms with Gasteiger partial charge in [0.25, 0.3) is 5.24 Å². The van der Waals surface area contributed by atoms with Crippen molar-refractivity contribution < 1.29 is 4.79 Å². The zero-order chi connectivity index (χ0) is 10.3. The first kappa shape index (κ1) is 9.49. The van der Waals surface area contributed by atoms with Crippen LogP contribution in [0.5, 0.6) is 0 Å². The molecule has 0 N–H and O–H groups in total. The zero-order valence-corrected chi connectivity index (χ0v) is 8.80. The topological polar surface area (TPSA) is 34.4 Å². The number of halogens is 2. The van der Waals surface area contributed by atoms with Gasteiger partial charge in [-0.1, -0.05) is 11.6 Å². The van der Waals surface area contributed by atoms with Gasteiger partial charge in [-0.2, -0.15) is 0 Å². The van der Waals surface area contributed by atoms with Crippen LogP contribution in [0.3, 0.4) is 0 Å². The summed E-state index contributed by atoms with van der Waals surface area (Å²) in [5.74, 6) is 0. The molecule has 0 aliphatic rings. The maximum Gasteiger partial charge on any atom is 0.272 e. The monoisotopic (exact) mass is 228 g/mol. The minimum absolute atomic E-state index is 0.208. The van der Waals surface area contributed by atoms with Crippen molar-refractivity contribution in [3.63, 3.8) is 0 Å². The maximum absolute atomic E-state index is 10.9. The number of carbonyl (C=O) groups excluding carboxylic acids is 1. The van der Waals surface area contributed by atoms with Gasteiger partial charge in [0.1, 0.15) is 5.69 Å². The normalized spacial score (nSPS) is 10.8. The van der Waals surface area contributed by atoms with Crippen molar-refractivity contribution in [3.05, 3.63) is 34.7 Å². The molecule has 0 bridgehead atoms. The number of fused-ring (bicyclic) bond motifs is 1. The first-order chi connectivity index (χ1) is 6.58. The summed E-state index contributed by atoms with van der Waals surface area (Å²) < 4.78 is 1.69. The van der Waals surface area contributed by atoms with Crippen LogP contribution in [0.4, 0.5) is 0 Å². The summed E-state index contributed by atoms with van der Waals surface area (Å²) in [4.78, 5) is 14.9. The van der Waals surface area contributed by atoms with Crippen molar-refractivity contribution in [3.8, 4) is 0 Å². The zero-order valence-electron chi connectivity index (χ0n) is 7.29. The summed E-state index contributed by atoms with van der Waals surface area (Å²) in [7, 11) is 0. The molecule has 2 aromatic heterocycles. The van der Waals surface area contributed by atoms with E-state index in [2.05, 4.69) is 4.98 Å². The lowest BCUT2D eigenvalue weighted by Gasteiger charge is -1.97. The van der Waals surface area contributed by atoms with E-state index in [1.807, 2.05) is 13.1 Å². The van der Waals surface area contributed by atoms with Gasteiger partial charge >= 0.3 is 0 Å². The number of pyridine rings is 1. The molecule has 5 heteroatoms. The van der Waals surface area contributed by atoms with E-state index >= 15 is 0 Å². The van der Waals surface area contributed by atoms with Crippen molar-refractivity contribution in [2.75, 3.05) is 0 Å². The molecule has 0 aromatic carbocycles. The maximum atomic E-state index is 10.9. The number of imidazole rings is 1. The van der Waals surface area contributed by atoms with Crippen LogP contribution in [0.1, 0.15) is 16.1 Å². The summed E-state index contributed by atoms with van der Waals surface area (Å²) >= 11 is 11.3. The van der Waals surface area contributed by atoms with Crippen LogP contribution in [-0.2, 0) is 0 Å². The predicted octanol–water partition coefficient (Wildman–Crippen LogP) is 2.68. The molecular weight excluding hydrogens is 223 g/mol. The van der Waals surface area contributed by atoms with E-state index in [9.17, 15) is 4.79 Å². The summed E-state index contributed by atoms with van der Waals surface area (Å²) in [6.45, 7) is 1.91. The molecular formula is C9H6Cl2N2O. The molecule has 0 atom stereocenters. The van der Waals surface area contributed by atoms with Gasteiger partial charge in [0.05, 0.1) is 5.02 Å². The Bertz CT molecular complexity index is 519. The lowest BCUT2D eigenvalue weighted by atomic mass is 10.3. The van der Waals surface area contributed by atoms with E-state index in [0.29, 0.717) is 10.7 Å². The fraction of sp³-hybridized carbons (Fsp3) is 0.111. The second-order valence-electron chi connectivity index (χ2n) is 3.00. The third kappa shape index (κ3) is 1.49. The van der Waals surface area contributed by atoms with E-state index in [1.54, 1.807) is 16.7 Å². The Morgan fingerprint density at radius 2 is 2.21 bits per heavy atom. The van der Waals surface area contributed by atoms with Crippen molar-refractivity contribution in [2.45, 2.75) is 6.92 Å². The standard InChI is InChI=1S/C9H6Cl2N2O/c1-5-2-6(10)9-12-7(8(11)14)4-13(9)3-5/h2-4H,1H3. The molecule has 3 nitrogen and oxygen atoms in total. The predicted molar refractivity (Wildman–Crippen MR) is 55.1 cm³/mol. The van der Waals surface area contributed by atoms with E-state index in [4.69, 9.17) is 23.2 Å². The Morgan fingerprint density at radius 1 is 1.50 bits per heavy atom. The van der Waals surface area contributed by atoms with Crippen LogP contribution in [0, 0.1) is 6.92 Å². The van der Waals surface area contributed by atoms with Crippen LogP contribution in [0.25, 0.3) is 5.65 Å². The highest BCUT2D eigenvalue weighted by Gasteiger charge is 2.10. The number of aryl methyl sites for hydroxylation is 1. The number of rotatable bonds is 1. The molecule has 2 aromatic rings. The molecule has 2 rings (SSSR count). The lowest BCUT2D eigenvalue weighted by Crippen LogP contribution is -1.86. The number of nitrogens with zero attached hydrogens (tertiary/aromatic N) is 2. The Hall–Kier alpha value is -1.06. The molecule has 0 spiro atoms. The van der Waals surface area contributed by atoms with Crippen LogP contribution >= 0.6 is 23.2 Å². The van der Waals surface area contributed by atoms with Gasteiger partial charge in [0.15, 0.2) is 5.65 Å². The molecule has 0 aliphatic heterocycles. The van der Waals surface area contributed by atoms with Crippen LogP contribution < -0.4 is 0 Å². The van der Waals surface area contributed by atoms with Gasteiger partial charge in [-0.15, -0.1) is 0 Å². The first-order valence-electron chi connectivity index (χ1n) is 3.92. The summed E-state index contributed by atoms with van der Waals surface area (Å²) in [5.41, 5.74) is 1.74. The molecule has 0 unspecified atom stereocenters. The molecule has 2 heterocycles. The fourth-order valence-corrected chi connectivity index (χ4v) is 1.69. The highest BCUT2D eigenvalue weighted by atomic mass is 35.5. The molecule has 0 fully saturated rings.